The molecule has 0 aliphatic heterocycles. The molecule has 4 N–H and O–H groups in total. The van der Waals surface area contributed by atoms with Crippen molar-refractivity contribution in [3.63, 3.8) is 0 Å². The predicted molar refractivity (Wildman–Crippen MR) is 114 cm³/mol. The lowest BCUT2D eigenvalue weighted by Gasteiger charge is -2.08. The van der Waals surface area contributed by atoms with Crippen LogP contribution in [0.3, 0.4) is 0 Å². The lowest BCUT2D eigenvalue weighted by molar-refractivity contribution is 0.704. The summed E-state index contributed by atoms with van der Waals surface area (Å²) in [5, 5.41) is 14.3. The number of fused-ring (bicyclic) bond motifs is 1. The van der Waals surface area contributed by atoms with Gasteiger partial charge in [0.05, 0.1) is 23.8 Å². The molecule has 0 radical (unpaired) electrons. The number of hydrogen-bond acceptors (Lipinski definition) is 7. The molecule has 0 aliphatic carbocycles. The van der Waals surface area contributed by atoms with Crippen molar-refractivity contribution in [1.82, 2.24) is 24.7 Å². The van der Waals surface area contributed by atoms with Crippen molar-refractivity contribution < 1.29 is 0 Å². The minimum Gasteiger partial charge on any atom is -0.399 e. The zero-order chi connectivity index (χ0) is 21.0. The van der Waals surface area contributed by atoms with Crippen LogP contribution in [0.5, 0.6) is 0 Å². The van der Waals surface area contributed by atoms with E-state index in [4.69, 9.17) is 16.7 Å². The average Bonchev–Trinajstić information content (AvgIpc) is 3.14. The number of nitrogens with zero attached hydrogens (tertiary/aromatic N) is 6. The summed E-state index contributed by atoms with van der Waals surface area (Å²) in [7, 11) is 0. The maximum atomic E-state index is 9.09. The summed E-state index contributed by atoms with van der Waals surface area (Å²) in [5.41, 5.74) is 16.6. The lowest BCUT2D eigenvalue weighted by atomic mass is 10.1. The molecule has 0 amide bonds. The molecule has 0 saturated carbocycles. The zero-order valence-corrected chi connectivity index (χ0v) is 16.6. The van der Waals surface area contributed by atoms with Crippen LogP contribution in [0.15, 0.2) is 42.6 Å². The Kier molecular flexibility index (Phi) is 5.69. The van der Waals surface area contributed by atoms with E-state index in [0.717, 1.165) is 22.2 Å². The third-order valence-electron chi connectivity index (χ3n) is 4.29. The topological polar surface area (TPSA) is 132 Å². The van der Waals surface area contributed by atoms with E-state index < -0.39 is 0 Å². The van der Waals surface area contributed by atoms with E-state index in [2.05, 4.69) is 20.1 Å². The van der Waals surface area contributed by atoms with Crippen LogP contribution in [0, 0.1) is 18.3 Å². The molecule has 4 aromatic rings. The van der Waals surface area contributed by atoms with Crippen molar-refractivity contribution >= 4 is 22.7 Å². The van der Waals surface area contributed by atoms with Crippen molar-refractivity contribution in [3.05, 3.63) is 59.4 Å². The molecular weight excluding hydrogens is 364 g/mol. The van der Waals surface area contributed by atoms with Crippen LogP contribution in [0.2, 0.25) is 0 Å². The highest BCUT2D eigenvalue weighted by Gasteiger charge is 2.15. The minimum atomic E-state index is 0.122. The fraction of sp³-hybridized carbons (Fsp3) is 0.190. The summed E-state index contributed by atoms with van der Waals surface area (Å²) >= 11 is 0. The number of nitrogens with two attached hydrogens (primary N) is 2. The first kappa shape index (κ1) is 19.8. The molecule has 0 atom stereocenters. The number of rotatable bonds is 3. The van der Waals surface area contributed by atoms with Gasteiger partial charge in [-0.25, -0.2) is 14.6 Å². The molecule has 1 aromatic carbocycles. The van der Waals surface area contributed by atoms with E-state index in [0.29, 0.717) is 29.3 Å². The highest BCUT2D eigenvalue weighted by molar-refractivity contribution is 5.90. The summed E-state index contributed by atoms with van der Waals surface area (Å²) in [6, 6.07) is 13.1. The molecule has 29 heavy (non-hydrogen) atoms. The number of benzene rings is 1. The zero-order valence-electron chi connectivity index (χ0n) is 16.6. The van der Waals surface area contributed by atoms with Crippen molar-refractivity contribution in [2.45, 2.75) is 27.3 Å². The van der Waals surface area contributed by atoms with Gasteiger partial charge in [-0.2, -0.15) is 15.3 Å². The van der Waals surface area contributed by atoms with Crippen LogP contribution < -0.4 is 11.5 Å². The molecule has 0 spiro atoms. The Hall–Kier alpha value is -3.99. The van der Waals surface area contributed by atoms with Crippen LogP contribution in [-0.2, 0) is 6.54 Å². The number of aryl methyl sites for hydroxylation is 1. The Morgan fingerprint density at radius 3 is 2.59 bits per heavy atom. The van der Waals surface area contributed by atoms with Crippen molar-refractivity contribution in [2.24, 2.45) is 0 Å². The Morgan fingerprint density at radius 1 is 1.07 bits per heavy atom. The van der Waals surface area contributed by atoms with Gasteiger partial charge >= 0.3 is 0 Å². The largest absolute Gasteiger partial charge is 0.399 e. The molecule has 0 fully saturated rings. The van der Waals surface area contributed by atoms with Gasteiger partial charge in [0.15, 0.2) is 5.65 Å². The molecule has 3 heterocycles. The SMILES string of the molecule is CC.Cc1cc(Cn2ncc3c(-c4cccc(C#N)n4)nc(N)nc32)ccc1N. The fourth-order valence-corrected chi connectivity index (χ4v) is 2.92. The predicted octanol–water partition coefficient (Wildman–Crippen LogP) is 3.31. The van der Waals surface area contributed by atoms with Crippen molar-refractivity contribution in [2.75, 3.05) is 11.5 Å². The van der Waals surface area contributed by atoms with Crippen LogP contribution >= 0.6 is 0 Å². The van der Waals surface area contributed by atoms with E-state index in [-0.39, 0.29) is 5.95 Å². The third kappa shape index (κ3) is 3.99. The maximum Gasteiger partial charge on any atom is 0.222 e. The van der Waals surface area contributed by atoms with Gasteiger partial charge in [0.25, 0.3) is 0 Å². The van der Waals surface area contributed by atoms with Crippen LogP contribution in [0.4, 0.5) is 11.6 Å². The third-order valence-corrected chi connectivity index (χ3v) is 4.29. The van der Waals surface area contributed by atoms with E-state index in [9.17, 15) is 0 Å². The van der Waals surface area contributed by atoms with E-state index in [1.54, 1.807) is 29.1 Å². The molecule has 0 unspecified atom stereocenters. The summed E-state index contributed by atoms with van der Waals surface area (Å²) in [5.74, 6) is 0.122. The standard InChI is InChI=1S/C19H16N8.C2H6/c1-11-7-12(5-6-15(11)21)10-27-18-14(9-23-27)17(25-19(22)26-18)16-4-2-3-13(8-20)24-16;1-2/h2-7,9H,10,21H2,1H3,(H2,22,25,26);1-2H3. The monoisotopic (exact) mass is 386 g/mol. The number of pyridine rings is 1. The molecule has 8 heteroatoms. The first-order valence-corrected chi connectivity index (χ1v) is 9.26. The summed E-state index contributed by atoms with van der Waals surface area (Å²) in [6.45, 7) is 6.48. The maximum absolute atomic E-state index is 9.09. The number of nitrogen functional groups attached to an aromatic ring is 2. The molecule has 0 bridgehead atoms. The second-order valence-electron chi connectivity index (χ2n) is 6.18. The molecule has 146 valence electrons. The van der Waals surface area contributed by atoms with Gasteiger partial charge in [0.1, 0.15) is 17.5 Å². The Bertz CT molecular complexity index is 1200. The highest BCUT2D eigenvalue weighted by Crippen LogP contribution is 2.26. The summed E-state index contributed by atoms with van der Waals surface area (Å²) < 4.78 is 1.76. The quantitative estimate of drug-likeness (QED) is 0.516. The molecule has 4 rings (SSSR count). The first-order valence-electron chi connectivity index (χ1n) is 9.26. The molecule has 8 nitrogen and oxygen atoms in total. The van der Waals surface area contributed by atoms with Crippen LogP contribution in [0.1, 0.15) is 30.7 Å². The molecular formula is C21H22N8. The van der Waals surface area contributed by atoms with Gasteiger partial charge in [-0.05, 0) is 36.2 Å². The van der Waals surface area contributed by atoms with Crippen LogP contribution in [-0.4, -0.2) is 24.7 Å². The van der Waals surface area contributed by atoms with E-state index in [1.807, 2.05) is 45.0 Å². The van der Waals surface area contributed by atoms with Gasteiger partial charge in [-0.15, -0.1) is 0 Å². The van der Waals surface area contributed by atoms with Gasteiger partial charge in [0.2, 0.25) is 5.95 Å². The Balaban J connectivity index is 0.00000117. The first-order chi connectivity index (χ1) is 14.0. The highest BCUT2D eigenvalue weighted by atomic mass is 15.3. The van der Waals surface area contributed by atoms with Crippen molar-refractivity contribution in [3.8, 4) is 17.5 Å². The summed E-state index contributed by atoms with van der Waals surface area (Å²) in [6.07, 6.45) is 1.69. The number of anilines is 2. The van der Waals surface area contributed by atoms with Crippen LogP contribution in [0.25, 0.3) is 22.4 Å². The summed E-state index contributed by atoms with van der Waals surface area (Å²) in [4.78, 5) is 13.0. The smallest absolute Gasteiger partial charge is 0.222 e. The molecule has 0 saturated heterocycles. The van der Waals surface area contributed by atoms with Gasteiger partial charge in [-0.3, -0.25) is 0 Å². The average molecular weight is 386 g/mol. The number of nitriles is 1. The fourth-order valence-electron chi connectivity index (χ4n) is 2.92. The Morgan fingerprint density at radius 2 is 1.86 bits per heavy atom. The normalized spacial score (nSPS) is 10.3. The second kappa shape index (κ2) is 8.35. The molecule has 3 aromatic heterocycles. The van der Waals surface area contributed by atoms with Gasteiger partial charge in [-0.1, -0.05) is 32.0 Å². The Labute approximate surface area is 168 Å². The minimum absolute atomic E-state index is 0.122. The molecule has 0 aliphatic rings. The van der Waals surface area contributed by atoms with Gasteiger partial charge < -0.3 is 11.5 Å². The van der Waals surface area contributed by atoms with E-state index in [1.165, 1.54) is 0 Å². The lowest BCUT2D eigenvalue weighted by Crippen LogP contribution is -2.06. The van der Waals surface area contributed by atoms with Crippen molar-refractivity contribution in [1.29, 1.82) is 5.26 Å². The number of hydrogen-bond donors (Lipinski definition) is 2. The van der Waals surface area contributed by atoms with E-state index >= 15 is 0 Å². The number of aromatic nitrogens is 5. The second-order valence-corrected chi connectivity index (χ2v) is 6.18. The van der Waals surface area contributed by atoms with Gasteiger partial charge in [0, 0.05) is 5.69 Å².